The summed E-state index contributed by atoms with van der Waals surface area (Å²) in [5.74, 6) is 14.5. The van der Waals surface area contributed by atoms with E-state index in [0.29, 0.717) is 0 Å². The van der Waals surface area contributed by atoms with Crippen LogP contribution in [0.3, 0.4) is 0 Å². The molecular formula is C10H8BNO. The van der Waals surface area contributed by atoms with Gasteiger partial charge in [-0.05, 0) is 35.9 Å². The van der Waals surface area contributed by atoms with Gasteiger partial charge in [0.05, 0.1) is 0 Å². The van der Waals surface area contributed by atoms with Gasteiger partial charge in [0.25, 0.3) is 0 Å². The van der Waals surface area contributed by atoms with Crippen LogP contribution in [0.2, 0.25) is 6.32 Å². The van der Waals surface area contributed by atoms with Crippen molar-refractivity contribution in [1.82, 2.24) is 0 Å². The molecule has 2 nitrogen and oxygen atoms in total. The minimum atomic E-state index is -0.353. The van der Waals surface area contributed by atoms with Crippen molar-refractivity contribution in [2.24, 2.45) is 0 Å². The lowest BCUT2D eigenvalue weighted by atomic mass is 10.1. The molecule has 0 unspecified atom stereocenters. The highest BCUT2D eigenvalue weighted by Gasteiger charge is 1.94. The van der Waals surface area contributed by atoms with Gasteiger partial charge in [-0.2, -0.15) is 0 Å². The van der Waals surface area contributed by atoms with E-state index in [2.05, 4.69) is 35.5 Å². The first-order valence-corrected chi connectivity index (χ1v) is 3.76. The van der Waals surface area contributed by atoms with Crippen molar-refractivity contribution in [2.45, 2.75) is 13.2 Å². The highest BCUT2D eigenvalue weighted by molar-refractivity contribution is 6.44. The van der Waals surface area contributed by atoms with Crippen molar-refractivity contribution >= 4 is 19.3 Å². The second-order valence-electron chi connectivity index (χ2n) is 2.09. The van der Waals surface area contributed by atoms with Crippen molar-refractivity contribution in [3.63, 3.8) is 0 Å². The Labute approximate surface area is 79.0 Å². The highest BCUT2D eigenvalue weighted by Crippen LogP contribution is 1.71. The van der Waals surface area contributed by atoms with Gasteiger partial charge in [-0.25, -0.2) is 0 Å². The van der Waals surface area contributed by atoms with E-state index in [1.807, 2.05) is 7.85 Å². The number of rotatable bonds is 1. The van der Waals surface area contributed by atoms with Crippen LogP contribution in [-0.2, 0) is 4.79 Å². The molecule has 0 heterocycles. The molecule has 1 N–H and O–H groups in total. The van der Waals surface area contributed by atoms with Crippen LogP contribution in [0.1, 0.15) is 6.92 Å². The molecule has 0 radical (unpaired) electrons. The molecular weight excluding hydrogens is 161 g/mol. The second-order valence-corrected chi connectivity index (χ2v) is 2.09. The predicted octanol–water partition coefficient (Wildman–Crippen LogP) is -0.343. The maximum Gasteiger partial charge on any atom is 0.186 e. The molecule has 0 amide bonds. The quantitative estimate of drug-likeness (QED) is 0.325. The summed E-state index contributed by atoms with van der Waals surface area (Å²) in [4.78, 5) is 10.5. The van der Waals surface area contributed by atoms with Gasteiger partial charge in [-0.3, -0.25) is 10.2 Å². The van der Waals surface area contributed by atoms with Crippen LogP contribution in [0, 0.1) is 40.9 Å². The van der Waals surface area contributed by atoms with E-state index < -0.39 is 0 Å². The third kappa shape index (κ3) is 6.48. The fourth-order valence-electron chi connectivity index (χ4n) is 0.377. The van der Waals surface area contributed by atoms with Crippen molar-refractivity contribution in [1.29, 1.82) is 5.41 Å². The number of ketones is 1. The average molecular weight is 169 g/mol. The monoisotopic (exact) mass is 169 g/mol. The summed E-state index contributed by atoms with van der Waals surface area (Å²) in [5, 5.41) is 7.03. The highest BCUT2D eigenvalue weighted by atomic mass is 16.1. The smallest absolute Gasteiger partial charge is 0.186 e. The van der Waals surface area contributed by atoms with Gasteiger partial charge in [0.2, 0.25) is 0 Å². The van der Waals surface area contributed by atoms with Gasteiger partial charge >= 0.3 is 0 Å². The molecule has 0 saturated heterocycles. The third-order valence-electron chi connectivity index (χ3n) is 0.992. The Hall–Kier alpha value is -1.92. The van der Waals surface area contributed by atoms with Crippen molar-refractivity contribution in [3.05, 3.63) is 0 Å². The van der Waals surface area contributed by atoms with E-state index in [1.54, 1.807) is 0 Å². The molecule has 0 aromatic heterocycles. The lowest BCUT2D eigenvalue weighted by Crippen LogP contribution is -2.03. The Morgan fingerprint density at radius 2 is 1.92 bits per heavy atom. The Bertz CT molecular complexity index is 390. The molecule has 0 fully saturated rings. The van der Waals surface area contributed by atoms with Crippen molar-refractivity contribution < 1.29 is 4.79 Å². The molecule has 0 atom stereocenters. The van der Waals surface area contributed by atoms with Gasteiger partial charge in [0, 0.05) is 6.92 Å². The predicted molar refractivity (Wildman–Crippen MR) is 55.1 cm³/mol. The van der Waals surface area contributed by atoms with Gasteiger partial charge in [0.1, 0.15) is 13.6 Å². The Morgan fingerprint density at radius 3 is 2.46 bits per heavy atom. The number of carbonyl (C=O) groups excluding carboxylic acids is 1. The van der Waals surface area contributed by atoms with Crippen LogP contribution in [0.4, 0.5) is 0 Å². The Morgan fingerprint density at radius 1 is 1.31 bits per heavy atom. The summed E-state index contributed by atoms with van der Waals surface area (Å²) in [6.07, 6.45) is 0.755. The van der Waals surface area contributed by atoms with Crippen molar-refractivity contribution in [2.75, 3.05) is 0 Å². The normalized spacial score (nSPS) is 6.23. The lowest BCUT2D eigenvalue weighted by Gasteiger charge is -1.79. The summed E-state index contributed by atoms with van der Waals surface area (Å²) >= 11 is 0. The Kier molecular flexibility index (Phi) is 5.78. The van der Waals surface area contributed by atoms with Crippen LogP contribution in [0.15, 0.2) is 0 Å². The van der Waals surface area contributed by atoms with Gasteiger partial charge < -0.3 is 0 Å². The maximum atomic E-state index is 10.5. The first kappa shape index (κ1) is 11.1. The number of carbonyl (C=O) groups is 1. The summed E-state index contributed by atoms with van der Waals surface area (Å²) in [7, 11) is 1.92. The van der Waals surface area contributed by atoms with Crippen LogP contribution in [0.25, 0.3) is 0 Å². The maximum absolute atomic E-state index is 10.5. The molecule has 62 valence electrons. The molecule has 0 aromatic carbocycles. The number of nitrogens with one attached hydrogen (secondary N) is 1. The SMILES string of the molecule is BCC#CC#CC#CC(=N)C(C)=O. The molecule has 3 heteroatoms. The molecule has 0 rings (SSSR count). The van der Waals surface area contributed by atoms with E-state index >= 15 is 0 Å². The fraction of sp³-hybridized carbons (Fsp3) is 0.200. The third-order valence-corrected chi connectivity index (χ3v) is 0.992. The fourth-order valence-corrected chi connectivity index (χ4v) is 0.377. The van der Waals surface area contributed by atoms with Gasteiger partial charge in [-0.15, -0.1) is 0 Å². The zero-order valence-corrected chi connectivity index (χ0v) is 7.62. The second kappa shape index (κ2) is 6.77. The van der Waals surface area contributed by atoms with Gasteiger partial charge in [0.15, 0.2) is 5.78 Å². The van der Waals surface area contributed by atoms with Crippen LogP contribution in [-0.4, -0.2) is 19.3 Å². The molecule has 13 heavy (non-hydrogen) atoms. The first-order valence-electron chi connectivity index (χ1n) is 3.76. The van der Waals surface area contributed by atoms with Crippen LogP contribution in [0.5, 0.6) is 0 Å². The molecule has 0 bridgehead atoms. The zero-order valence-electron chi connectivity index (χ0n) is 7.62. The number of hydrogen-bond donors (Lipinski definition) is 1. The summed E-state index contributed by atoms with van der Waals surface area (Å²) in [6.45, 7) is 1.29. The minimum absolute atomic E-state index is 0.224. The summed E-state index contributed by atoms with van der Waals surface area (Å²) in [5.41, 5.74) is -0.224. The molecule has 0 aliphatic carbocycles. The molecule has 0 aromatic rings. The molecule has 0 aliphatic rings. The van der Waals surface area contributed by atoms with E-state index in [1.165, 1.54) is 6.92 Å². The van der Waals surface area contributed by atoms with E-state index in [9.17, 15) is 4.79 Å². The van der Waals surface area contributed by atoms with E-state index in [4.69, 9.17) is 5.41 Å². The first-order chi connectivity index (χ1) is 6.18. The van der Waals surface area contributed by atoms with E-state index in [0.717, 1.165) is 6.32 Å². The summed E-state index contributed by atoms with van der Waals surface area (Å²) < 4.78 is 0. The lowest BCUT2D eigenvalue weighted by molar-refractivity contribution is -0.111. The number of Topliss-reactive ketones (excluding diaryl/α,β-unsaturated/α-hetero) is 1. The molecule has 0 spiro atoms. The zero-order chi connectivity index (χ0) is 10.1. The average Bonchev–Trinajstić information content (AvgIpc) is 2.10. The van der Waals surface area contributed by atoms with E-state index in [-0.39, 0.29) is 11.5 Å². The summed E-state index contributed by atoms with van der Waals surface area (Å²) in [6, 6.07) is 0. The topological polar surface area (TPSA) is 40.9 Å². The largest absolute Gasteiger partial charge is 0.292 e. The number of hydrogen-bond acceptors (Lipinski definition) is 2. The van der Waals surface area contributed by atoms with Crippen molar-refractivity contribution in [3.8, 4) is 35.5 Å². The molecule has 0 saturated carbocycles. The minimum Gasteiger partial charge on any atom is -0.292 e. The molecule has 0 aliphatic heterocycles. The van der Waals surface area contributed by atoms with Gasteiger partial charge in [-0.1, -0.05) is 5.92 Å². The van der Waals surface area contributed by atoms with Crippen LogP contribution < -0.4 is 0 Å². The Balaban J connectivity index is 4.19. The standard InChI is InChI=1S/C10H8BNO/c1-9(13)10(12)7-5-3-2-4-6-8-11/h12H,8,11H2,1H3. The van der Waals surface area contributed by atoms with Crippen LogP contribution >= 0.6 is 0 Å².